The summed E-state index contributed by atoms with van der Waals surface area (Å²) in [4.78, 5) is 13.6. The first-order valence-corrected chi connectivity index (χ1v) is 7.39. The molecule has 2 atom stereocenters. The second-order valence-corrected chi connectivity index (χ2v) is 6.02. The van der Waals surface area contributed by atoms with E-state index in [-0.39, 0.29) is 18.4 Å². The van der Waals surface area contributed by atoms with Crippen molar-refractivity contribution in [2.24, 2.45) is 5.92 Å². The third-order valence-electron chi connectivity index (χ3n) is 3.36. The molecule has 112 valence electrons. The van der Waals surface area contributed by atoms with E-state index >= 15 is 0 Å². The Morgan fingerprint density at radius 2 is 2.15 bits per heavy atom. The maximum atomic E-state index is 12.4. The molecule has 1 N–H and O–H groups in total. The molecule has 0 aliphatic carbocycles. The Bertz CT molecular complexity index is 459. The van der Waals surface area contributed by atoms with Gasteiger partial charge in [0.2, 0.25) is 5.91 Å². The van der Waals surface area contributed by atoms with Crippen molar-refractivity contribution in [1.82, 2.24) is 10.2 Å². The third-order valence-corrected chi connectivity index (χ3v) is 4.06. The molecule has 1 fully saturated rings. The smallest absolute Gasteiger partial charge is 0.321 e. The van der Waals surface area contributed by atoms with Crippen LogP contribution in [0.3, 0.4) is 0 Å². The maximum Gasteiger partial charge on any atom is 0.390 e. The minimum atomic E-state index is -4.25. The van der Waals surface area contributed by atoms with Gasteiger partial charge in [-0.05, 0) is 28.3 Å². The predicted molar refractivity (Wildman–Crippen MR) is 71.2 cm³/mol. The molecule has 0 radical (unpaired) electrons. The number of alkyl halides is 3. The minimum absolute atomic E-state index is 0.0412. The van der Waals surface area contributed by atoms with Gasteiger partial charge in [-0.1, -0.05) is 13.8 Å². The Hall–Kier alpha value is -1.08. The standard InChI is InChI=1S/C13H17F3N2OS/c1-8(2)10-12(19)18(5-4-13(14,15)16)11(17-10)9-3-6-20-7-9/h3,6-8,10-11,17H,4-5H2,1-2H3. The van der Waals surface area contributed by atoms with Gasteiger partial charge in [-0.3, -0.25) is 10.1 Å². The second kappa shape index (κ2) is 5.73. The highest BCUT2D eigenvalue weighted by Crippen LogP contribution is 2.31. The summed E-state index contributed by atoms with van der Waals surface area (Å²) in [6.07, 6.45) is -5.69. The molecular formula is C13H17F3N2OS. The Morgan fingerprint density at radius 1 is 1.45 bits per heavy atom. The molecule has 2 heterocycles. The zero-order chi connectivity index (χ0) is 14.9. The van der Waals surface area contributed by atoms with E-state index in [2.05, 4.69) is 5.32 Å². The first-order valence-electron chi connectivity index (χ1n) is 6.45. The summed E-state index contributed by atoms with van der Waals surface area (Å²) < 4.78 is 37.2. The molecule has 1 saturated heterocycles. The van der Waals surface area contributed by atoms with Gasteiger partial charge in [0, 0.05) is 6.54 Å². The van der Waals surface area contributed by atoms with E-state index in [0.717, 1.165) is 5.56 Å². The van der Waals surface area contributed by atoms with Crippen molar-refractivity contribution in [1.29, 1.82) is 0 Å². The number of halogens is 3. The van der Waals surface area contributed by atoms with Gasteiger partial charge < -0.3 is 4.90 Å². The number of amides is 1. The van der Waals surface area contributed by atoms with Crippen LogP contribution < -0.4 is 5.32 Å². The lowest BCUT2D eigenvalue weighted by molar-refractivity contribution is -0.145. The molecule has 0 spiro atoms. The molecule has 20 heavy (non-hydrogen) atoms. The van der Waals surface area contributed by atoms with Crippen LogP contribution in [-0.2, 0) is 4.79 Å². The Kier molecular flexibility index (Phi) is 4.39. The van der Waals surface area contributed by atoms with Crippen LogP contribution >= 0.6 is 11.3 Å². The second-order valence-electron chi connectivity index (χ2n) is 5.24. The van der Waals surface area contributed by atoms with Crippen LogP contribution in [0.15, 0.2) is 16.8 Å². The first kappa shape index (κ1) is 15.3. The van der Waals surface area contributed by atoms with Gasteiger partial charge in [-0.25, -0.2) is 0 Å². The fraction of sp³-hybridized carbons (Fsp3) is 0.615. The van der Waals surface area contributed by atoms with Crippen LogP contribution in [0, 0.1) is 5.92 Å². The lowest BCUT2D eigenvalue weighted by Crippen LogP contribution is -2.35. The van der Waals surface area contributed by atoms with Gasteiger partial charge in [-0.15, -0.1) is 0 Å². The van der Waals surface area contributed by atoms with Crippen molar-refractivity contribution in [3.05, 3.63) is 22.4 Å². The van der Waals surface area contributed by atoms with Crippen molar-refractivity contribution in [3.63, 3.8) is 0 Å². The molecule has 1 aromatic rings. The summed E-state index contributed by atoms with van der Waals surface area (Å²) in [6.45, 7) is 3.46. The quantitative estimate of drug-likeness (QED) is 0.927. The number of thiophene rings is 1. The molecule has 0 saturated carbocycles. The Morgan fingerprint density at radius 3 is 2.65 bits per heavy atom. The normalized spacial score (nSPS) is 23.9. The molecule has 7 heteroatoms. The summed E-state index contributed by atoms with van der Waals surface area (Å²) >= 11 is 1.46. The van der Waals surface area contributed by atoms with E-state index in [1.807, 2.05) is 30.7 Å². The molecule has 2 rings (SSSR count). The number of hydrogen-bond acceptors (Lipinski definition) is 3. The topological polar surface area (TPSA) is 32.3 Å². The van der Waals surface area contributed by atoms with Gasteiger partial charge in [0.1, 0.15) is 6.17 Å². The van der Waals surface area contributed by atoms with Crippen LogP contribution in [0.1, 0.15) is 32.0 Å². The number of carbonyl (C=O) groups is 1. The molecule has 1 amide bonds. The molecule has 1 aliphatic rings. The third kappa shape index (κ3) is 3.32. The number of hydrogen-bond donors (Lipinski definition) is 1. The fourth-order valence-corrected chi connectivity index (χ4v) is 2.99. The average Bonchev–Trinajstić information content (AvgIpc) is 2.92. The minimum Gasteiger partial charge on any atom is -0.321 e. The largest absolute Gasteiger partial charge is 0.390 e. The van der Waals surface area contributed by atoms with Crippen molar-refractivity contribution in [2.75, 3.05) is 6.54 Å². The van der Waals surface area contributed by atoms with E-state index in [4.69, 9.17) is 0 Å². The SMILES string of the molecule is CC(C)C1NC(c2ccsc2)N(CCC(F)(F)F)C1=O. The monoisotopic (exact) mass is 306 g/mol. The van der Waals surface area contributed by atoms with E-state index < -0.39 is 24.8 Å². The van der Waals surface area contributed by atoms with E-state index in [1.165, 1.54) is 16.2 Å². The molecule has 0 aromatic carbocycles. The van der Waals surface area contributed by atoms with Gasteiger partial charge >= 0.3 is 6.18 Å². The highest BCUT2D eigenvalue weighted by Gasteiger charge is 2.42. The van der Waals surface area contributed by atoms with Crippen LogP contribution in [0.5, 0.6) is 0 Å². The van der Waals surface area contributed by atoms with Crippen LogP contribution in [-0.4, -0.2) is 29.6 Å². The number of nitrogens with one attached hydrogen (secondary N) is 1. The van der Waals surface area contributed by atoms with E-state index in [9.17, 15) is 18.0 Å². The first-order chi connectivity index (χ1) is 9.29. The van der Waals surface area contributed by atoms with E-state index in [1.54, 1.807) is 0 Å². The molecular weight excluding hydrogens is 289 g/mol. The van der Waals surface area contributed by atoms with Gasteiger partial charge in [0.05, 0.1) is 12.5 Å². The van der Waals surface area contributed by atoms with Crippen molar-refractivity contribution in [3.8, 4) is 0 Å². The zero-order valence-corrected chi connectivity index (χ0v) is 12.1. The highest BCUT2D eigenvalue weighted by molar-refractivity contribution is 7.07. The number of carbonyl (C=O) groups excluding carboxylic acids is 1. The molecule has 3 nitrogen and oxygen atoms in total. The summed E-state index contributed by atoms with van der Waals surface area (Å²) in [5.74, 6) is -0.208. The number of rotatable bonds is 4. The molecule has 2 unspecified atom stereocenters. The van der Waals surface area contributed by atoms with Gasteiger partial charge in [0.25, 0.3) is 0 Å². The predicted octanol–water partition coefficient (Wildman–Crippen LogP) is 3.16. The Balaban J connectivity index is 2.17. The highest BCUT2D eigenvalue weighted by atomic mass is 32.1. The van der Waals surface area contributed by atoms with Crippen LogP contribution in [0.25, 0.3) is 0 Å². The lowest BCUT2D eigenvalue weighted by Gasteiger charge is -2.24. The maximum absolute atomic E-state index is 12.4. The van der Waals surface area contributed by atoms with Crippen LogP contribution in [0.2, 0.25) is 0 Å². The average molecular weight is 306 g/mol. The zero-order valence-electron chi connectivity index (χ0n) is 11.3. The van der Waals surface area contributed by atoms with E-state index in [0.29, 0.717) is 0 Å². The van der Waals surface area contributed by atoms with Crippen molar-refractivity contribution >= 4 is 17.2 Å². The molecule has 1 aromatic heterocycles. The summed E-state index contributed by atoms with van der Waals surface area (Å²) in [6, 6.07) is 1.41. The summed E-state index contributed by atoms with van der Waals surface area (Å²) in [7, 11) is 0. The van der Waals surface area contributed by atoms with Crippen LogP contribution in [0.4, 0.5) is 13.2 Å². The molecule has 0 bridgehead atoms. The fourth-order valence-electron chi connectivity index (χ4n) is 2.31. The number of nitrogens with zero attached hydrogens (tertiary/aromatic N) is 1. The van der Waals surface area contributed by atoms with Gasteiger partial charge in [0.15, 0.2) is 0 Å². The lowest BCUT2D eigenvalue weighted by atomic mass is 10.1. The summed E-state index contributed by atoms with van der Waals surface area (Å²) in [5.41, 5.74) is 0.841. The summed E-state index contributed by atoms with van der Waals surface area (Å²) in [5, 5.41) is 6.85. The van der Waals surface area contributed by atoms with Gasteiger partial charge in [-0.2, -0.15) is 24.5 Å². The van der Waals surface area contributed by atoms with Crippen molar-refractivity contribution in [2.45, 2.75) is 38.7 Å². The molecule has 1 aliphatic heterocycles. The Labute approximate surface area is 119 Å². The van der Waals surface area contributed by atoms with Crippen molar-refractivity contribution < 1.29 is 18.0 Å².